The van der Waals surface area contributed by atoms with E-state index in [1.54, 1.807) is 18.2 Å². The molecule has 0 N–H and O–H groups in total. The number of hydrogen-bond donors (Lipinski definition) is 0. The topological polar surface area (TPSA) is 72.4 Å². The van der Waals surface area contributed by atoms with Crippen molar-refractivity contribution in [1.82, 2.24) is 14.9 Å². The fraction of sp³-hybridized carbons (Fsp3) is 0.545. The first-order valence-corrected chi connectivity index (χ1v) is 10.2. The van der Waals surface area contributed by atoms with Crippen molar-refractivity contribution in [2.24, 2.45) is 11.8 Å². The first-order chi connectivity index (χ1) is 13.5. The van der Waals surface area contributed by atoms with Gasteiger partial charge in [-0.25, -0.2) is 14.8 Å². The van der Waals surface area contributed by atoms with Crippen molar-refractivity contribution in [3.8, 4) is 0 Å². The second-order valence-corrected chi connectivity index (χ2v) is 8.11. The number of rotatable bonds is 3. The lowest BCUT2D eigenvalue weighted by atomic mass is 9.75. The Bertz CT molecular complexity index is 911. The van der Waals surface area contributed by atoms with Gasteiger partial charge in [-0.3, -0.25) is 4.79 Å². The Morgan fingerprint density at radius 2 is 1.75 bits per heavy atom. The molecule has 0 spiro atoms. The monoisotopic (exact) mass is 381 g/mol. The summed E-state index contributed by atoms with van der Waals surface area (Å²) in [4.78, 5) is 35.8. The van der Waals surface area contributed by atoms with Crippen LogP contribution >= 0.6 is 0 Å². The molecule has 2 atom stereocenters. The predicted molar refractivity (Wildman–Crippen MR) is 106 cm³/mol. The zero-order valence-corrected chi connectivity index (χ0v) is 16.6. The van der Waals surface area contributed by atoms with Crippen LogP contribution in [0, 0.1) is 25.7 Å². The van der Waals surface area contributed by atoms with Gasteiger partial charge < -0.3 is 9.64 Å². The van der Waals surface area contributed by atoms with Gasteiger partial charge in [0, 0.05) is 13.1 Å². The van der Waals surface area contributed by atoms with Crippen LogP contribution in [0.4, 0.5) is 0 Å². The summed E-state index contributed by atoms with van der Waals surface area (Å²) in [6, 6.07) is 5.11. The Morgan fingerprint density at radius 1 is 1.04 bits per heavy atom. The quantitative estimate of drug-likeness (QED) is 0.762. The van der Waals surface area contributed by atoms with Crippen LogP contribution in [-0.4, -0.2) is 46.4 Å². The number of hydrogen-bond acceptors (Lipinski definition) is 5. The number of ether oxygens (including phenoxy) is 1. The summed E-state index contributed by atoms with van der Waals surface area (Å²) < 4.78 is 5.30. The maximum absolute atomic E-state index is 12.5. The molecule has 1 saturated heterocycles. The van der Waals surface area contributed by atoms with Crippen molar-refractivity contribution < 1.29 is 14.3 Å². The Labute approximate surface area is 165 Å². The summed E-state index contributed by atoms with van der Waals surface area (Å²) in [7, 11) is 0. The third-order valence-electron chi connectivity index (χ3n) is 6.28. The summed E-state index contributed by atoms with van der Waals surface area (Å²) in [5.74, 6) is 0.798. The zero-order valence-electron chi connectivity index (χ0n) is 16.6. The van der Waals surface area contributed by atoms with E-state index in [0.29, 0.717) is 17.0 Å². The van der Waals surface area contributed by atoms with E-state index in [4.69, 9.17) is 4.74 Å². The molecule has 2 aromatic rings. The average molecular weight is 381 g/mol. The Hall–Kier alpha value is -2.50. The van der Waals surface area contributed by atoms with Crippen molar-refractivity contribution in [1.29, 1.82) is 0 Å². The summed E-state index contributed by atoms with van der Waals surface area (Å²) in [5, 5.41) is 0. The fourth-order valence-corrected chi connectivity index (χ4v) is 4.49. The van der Waals surface area contributed by atoms with Crippen LogP contribution in [0.15, 0.2) is 18.2 Å². The van der Waals surface area contributed by atoms with Gasteiger partial charge in [-0.05, 0) is 56.7 Å². The van der Waals surface area contributed by atoms with E-state index in [0.717, 1.165) is 42.3 Å². The molecule has 0 bridgehead atoms. The van der Waals surface area contributed by atoms with Gasteiger partial charge in [0.1, 0.15) is 0 Å². The first-order valence-electron chi connectivity index (χ1n) is 10.2. The molecule has 1 aromatic carbocycles. The Balaban J connectivity index is 1.36. The molecule has 4 rings (SSSR count). The van der Waals surface area contributed by atoms with E-state index >= 15 is 0 Å². The molecule has 0 radical (unpaired) electrons. The number of nitrogens with zero attached hydrogens (tertiary/aromatic N) is 3. The highest BCUT2D eigenvalue weighted by atomic mass is 16.5. The van der Waals surface area contributed by atoms with Gasteiger partial charge in [0.25, 0.3) is 5.91 Å². The van der Waals surface area contributed by atoms with E-state index in [-0.39, 0.29) is 12.5 Å². The number of amides is 1. The maximum Gasteiger partial charge on any atom is 0.338 e. The van der Waals surface area contributed by atoms with Gasteiger partial charge in [-0.1, -0.05) is 19.3 Å². The van der Waals surface area contributed by atoms with Crippen LogP contribution < -0.4 is 0 Å². The SMILES string of the molecule is Cc1nc2ccc(C(=O)OCC(=O)N3CC[C@H]4CCCC[C@@H]4C3)cc2nc1C. The molecule has 1 aromatic heterocycles. The Morgan fingerprint density at radius 3 is 2.54 bits per heavy atom. The number of fused-ring (bicyclic) bond motifs is 2. The predicted octanol–water partition coefficient (Wildman–Crippen LogP) is 3.44. The molecule has 28 heavy (non-hydrogen) atoms. The number of esters is 1. The van der Waals surface area contributed by atoms with E-state index in [1.807, 2.05) is 18.7 Å². The van der Waals surface area contributed by atoms with Crippen LogP contribution in [0.1, 0.15) is 53.8 Å². The lowest BCUT2D eigenvalue weighted by Gasteiger charge is -2.41. The van der Waals surface area contributed by atoms with Crippen LogP contribution in [0.5, 0.6) is 0 Å². The van der Waals surface area contributed by atoms with Crippen molar-refractivity contribution in [3.05, 3.63) is 35.2 Å². The van der Waals surface area contributed by atoms with Crippen LogP contribution in [0.3, 0.4) is 0 Å². The van der Waals surface area contributed by atoms with Gasteiger partial charge in [0.05, 0.1) is 28.0 Å². The molecule has 6 heteroatoms. The smallest absolute Gasteiger partial charge is 0.338 e. The highest BCUT2D eigenvalue weighted by molar-refractivity contribution is 5.94. The van der Waals surface area contributed by atoms with Gasteiger partial charge >= 0.3 is 5.97 Å². The minimum absolute atomic E-state index is 0.0931. The summed E-state index contributed by atoms with van der Waals surface area (Å²) in [6.45, 7) is 5.19. The minimum Gasteiger partial charge on any atom is -0.452 e. The number of aryl methyl sites for hydroxylation is 2. The van der Waals surface area contributed by atoms with Crippen LogP contribution in [0.2, 0.25) is 0 Å². The largest absolute Gasteiger partial charge is 0.452 e. The van der Waals surface area contributed by atoms with Gasteiger partial charge in [-0.15, -0.1) is 0 Å². The van der Waals surface area contributed by atoms with Crippen molar-refractivity contribution in [3.63, 3.8) is 0 Å². The maximum atomic E-state index is 12.5. The van der Waals surface area contributed by atoms with E-state index in [1.165, 1.54) is 25.7 Å². The molecule has 0 unspecified atom stereocenters. The zero-order chi connectivity index (χ0) is 19.7. The van der Waals surface area contributed by atoms with Gasteiger partial charge in [-0.2, -0.15) is 0 Å². The molecular formula is C22H27N3O3. The number of carbonyl (C=O) groups is 2. The molecule has 2 fully saturated rings. The van der Waals surface area contributed by atoms with E-state index in [2.05, 4.69) is 9.97 Å². The average Bonchev–Trinajstić information content (AvgIpc) is 2.72. The normalized spacial score (nSPS) is 22.0. The third-order valence-corrected chi connectivity index (χ3v) is 6.28. The number of carbonyl (C=O) groups excluding carboxylic acids is 2. The van der Waals surface area contributed by atoms with Crippen molar-refractivity contribution in [2.45, 2.75) is 46.0 Å². The molecule has 1 aliphatic carbocycles. The molecule has 148 valence electrons. The van der Waals surface area contributed by atoms with Crippen molar-refractivity contribution in [2.75, 3.05) is 19.7 Å². The molecule has 6 nitrogen and oxygen atoms in total. The molecule has 1 saturated carbocycles. The molecule has 1 aliphatic heterocycles. The molecular weight excluding hydrogens is 354 g/mol. The fourth-order valence-electron chi connectivity index (χ4n) is 4.49. The lowest BCUT2D eigenvalue weighted by molar-refractivity contribution is -0.137. The highest BCUT2D eigenvalue weighted by Gasteiger charge is 2.33. The highest BCUT2D eigenvalue weighted by Crippen LogP contribution is 2.36. The van der Waals surface area contributed by atoms with Crippen molar-refractivity contribution >= 4 is 22.9 Å². The summed E-state index contributed by atoms with van der Waals surface area (Å²) >= 11 is 0. The second-order valence-electron chi connectivity index (χ2n) is 8.11. The van der Waals surface area contributed by atoms with Crippen LogP contribution in [0.25, 0.3) is 11.0 Å². The number of benzene rings is 1. The summed E-state index contributed by atoms with van der Waals surface area (Å²) in [6.07, 6.45) is 6.17. The molecule has 1 amide bonds. The minimum atomic E-state index is -0.497. The van der Waals surface area contributed by atoms with Crippen LogP contribution in [-0.2, 0) is 9.53 Å². The molecule has 2 heterocycles. The Kier molecular flexibility index (Phi) is 5.29. The van der Waals surface area contributed by atoms with Gasteiger partial charge in [0.2, 0.25) is 0 Å². The first kappa shape index (κ1) is 18.8. The van der Waals surface area contributed by atoms with E-state index in [9.17, 15) is 9.59 Å². The van der Waals surface area contributed by atoms with Gasteiger partial charge in [0.15, 0.2) is 6.61 Å². The summed E-state index contributed by atoms with van der Waals surface area (Å²) in [5.41, 5.74) is 3.49. The third kappa shape index (κ3) is 3.86. The second kappa shape index (κ2) is 7.86. The number of aromatic nitrogens is 2. The van der Waals surface area contributed by atoms with E-state index < -0.39 is 5.97 Å². The number of likely N-dealkylation sites (tertiary alicyclic amines) is 1. The molecule has 2 aliphatic rings. The standard InChI is InChI=1S/C22H27N3O3/c1-14-15(2)24-20-11-17(7-8-19(20)23-14)22(27)28-13-21(26)25-10-9-16-5-3-4-6-18(16)12-25/h7-8,11,16,18H,3-6,9-10,12-13H2,1-2H3/t16-,18-/m1/s1. The number of piperidine rings is 1. The lowest BCUT2D eigenvalue weighted by Crippen LogP contribution is -2.46.